The summed E-state index contributed by atoms with van der Waals surface area (Å²) < 4.78 is 5.98. The number of aliphatic hydroxyl groups excluding tert-OH is 3. The number of nitrogens with one attached hydrogen (secondary N) is 2. The number of aliphatic hydroxyl groups is 3. The summed E-state index contributed by atoms with van der Waals surface area (Å²) in [5, 5.41) is 37.7. The highest BCUT2D eigenvalue weighted by atomic mass is 32.1. The average Bonchev–Trinajstić information content (AvgIpc) is 2.63. The third-order valence-corrected chi connectivity index (χ3v) is 5.80. The van der Waals surface area contributed by atoms with Crippen LogP contribution in [0.15, 0.2) is 24.3 Å². The Balaban J connectivity index is 1.96. The van der Waals surface area contributed by atoms with E-state index >= 15 is 0 Å². The minimum absolute atomic E-state index is 0.120. The lowest BCUT2D eigenvalue weighted by Gasteiger charge is -2.43. The van der Waals surface area contributed by atoms with E-state index in [1.807, 2.05) is 45.0 Å². The molecule has 1 aliphatic rings. The smallest absolute Gasteiger partial charge is 0.173 e. The van der Waals surface area contributed by atoms with Crippen molar-refractivity contribution in [2.75, 3.05) is 5.32 Å². The van der Waals surface area contributed by atoms with Crippen molar-refractivity contribution in [1.82, 2.24) is 5.09 Å². The van der Waals surface area contributed by atoms with Crippen LogP contribution in [0.2, 0.25) is 0 Å². The average molecular weight is 415 g/mol. The Kier molecular flexibility index (Phi) is 7.98. The lowest BCUT2D eigenvalue weighted by molar-refractivity contribution is -0.200. The molecule has 0 saturated carbocycles. The first-order chi connectivity index (χ1) is 12.6. The molecule has 0 bridgehead atoms. The van der Waals surface area contributed by atoms with Crippen LogP contribution in [0.25, 0.3) is 0 Å². The summed E-state index contributed by atoms with van der Waals surface area (Å²) in [6, 6.07) is 7.37. The Morgan fingerprint density at radius 3 is 2.52 bits per heavy atom. The molecular weight excluding hydrogens is 383 g/mol. The molecule has 6 atom stereocenters. The molecule has 6 unspecified atom stereocenters. The van der Waals surface area contributed by atoms with E-state index in [1.54, 1.807) is 0 Å². The van der Waals surface area contributed by atoms with Gasteiger partial charge in [0, 0.05) is 12.1 Å². The minimum Gasteiger partial charge on any atom is -0.390 e. The van der Waals surface area contributed by atoms with E-state index in [2.05, 4.69) is 19.8 Å². The van der Waals surface area contributed by atoms with Crippen molar-refractivity contribution in [3.05, 3.63) is 29.8 Å². The third-order valence-electron chi connectivity index (χ3n) is 5.09. The van der Waals surface area contributed by atoms with Gasteiger partial charge in [0.1, 0.15) is 12.2 Å². The van der Waals surface area contributed by atoms with Crippen LogP contribution in [-0.2, 0) is 11.2 Å². The maximum absolute atomic E-state index is 10.6. The predicted molar refractivity (Wildman–Crippen MR) is 115 cm³/mol. The number of benzene rings is 1. The normalized spacial score (nSPS) is 25.3. The van der Waals surface area contributed by atoms with Crippen LogP contribution in [-0.4, -0.2) is 50.4 Å². The molecule has 1 aromatic rings. The van der Waals surface area contributed by atoms with Gasteiger partial charge in [-0.15, -0.1) is 0 Å². The summed E-state index contributed by atoms with van der Waals surface area (Å²) in [7, 11) is 2.32. The first kappa shape index (κ1) is 22.5. The summed E-state index contributed by atoms with van der Waals surface area (Å²) in [4.78, 5) is 0. The van der Waals surface area contributed by atoms with Crippen LogP contribution in [0.3, 0.4) is 0 Å². The van der Waals surface area contributed by atoms with Crippen LogP contribution in [0, 0.1) is 5.92 Å². The summed E-state index contributed by atoms with van der Waals surface area (Å²) in [5.74, 6) is 0.120. The topological polar surface area (TPSA) is 94.0 Å². The highest BCUT2D eigenvalue weighted by Crippen LogP contribution is 2.34. The van der Waals surface area contributed by atoms with Crippen molar-refractivity contribution in [3.63, 3.8) is 0 Å². The fourth-order valence-electron chi connectivity index (χ4n) is 3.36. The number of ether oxygens (including phenoxy) is 1. The molecule has 1 fully saturated rings. The van der Waals surface area contributed by atoms with E-state index in [-0.39, 0.29) is 17.9 Å². The second-order valence-corrected chi connectivity index (χ2v) is 8.60. The highest BCUT2D eigenvalue weighted by Gasteiger charge is 2.41. The quantitative estimate of drug-likeness (QED) is 0.359. The molecule has 8 heteroatoms. The Morgan fingerprint density at radius 2 is 1.93 bits per heavy atom. The van der Waals surface area contributed by atoms with Gasteiger partial charge in [-0.05, 0) is 71.9 Å². The van der Waals surface area contributed by atoms with Gasteiger partial charge in [0.05, 0.1) is 17.8 Å². The Labute approximate surface area is 169 Å². The van der Waals surface area contributed by atoms with Crippen molar-refractivity contribution < 1.29 is 20.1 Å². The number of hydrogen-bond donors (Lipinski definition) is 5. The summed E-state index contributed by atoms with van der Waals surface area (Å²) >= 11 is 5.03. The lowest BCUT2D eigenvalue weighted by Crippen LogP contribution is -2.53. The zero-order chi connectivity index (χ0) is 20.2. The number of hydrogen-bond acceptors (Lipinski definition) is 5. The molecule has 27 heavy (non-hydrogen) atoms. The van der Waals surface area contributed by atoms with Gasteiger partial charge >= 0.3 is 0 Å². The Hall–Kier alpha value is -0.820. The Morgan fingerprint density at radius 1 is 1.30 bits per heavy atom. The van der Waals surface area contributed by atoms with Crippen molar-refractivity contribution in [2.24, 2.45) is 5.92 Å². The van der Waals surface area contributed by atoms with Crippen LogP contribution < -0.4 is 10.4 Å². The molecular formula is C19H31N2O4PS. The molecule has 152 valence electrons. The van der Waals surface area contributed by atoms with Gasteiger partial charge in [-0.1, -0.05) is 19.1 Å². The van der Waals surface area contributed by atoms with E-state index in [0.717, 1.165) is 24.1 Å². The molecule has 1 saturated heterocycles. The second-order valence-electron chi connectivity index (χ2n) is 7.91. The second kappa shape index (κ2) is 9.59. The van der Waals surface area contributed by atoms with Gasteiger partial charge in [0.25, 0.3) is 0 Å². The Bertz CT molecular complexity index is 629. The van der Waals surface area contributed by atoms with Gasteiger partial charge < -0.3 is 30.5 Å². The zero-order valence-electron chi connectivity index (χ0n) is 16.1. The molecule has 0 aromatic heterocycles. The van der Waals surface area contributed by atoms with E-state index in [0.29, 0.717) is 5.11 Å². The fourth-order valence-corrected chi connectivity index (χ4v) is 3.55. The van der Waals surface area contributed by atoms with Crippen molar-refractivity contribution in [1.29, 1.82) is 0 Å². The molecule has 0 spiro atoms. The van der Waals surface area contributed by atoms with Crippen molar-refractivity contribution in [2.45, 2.75) is 70.1 Å². The van der Waals surface area contributed by atoms with Gasteiger partial charge in [-0.2, -0.15) is 0 Å². The first-order valence-corrected chi connectivity index (χ1v) is 10.2. The molecule has 0 radical (unpaired) electrons. The van der Waals surface area contributed by atoms with Gasteiger partial charge in [-0.3, -0.25) is 0 Å². The maximum Gasteiger partial charge on any atom is 0.173 e. The molecule has 1 aromatic carbocycles. The molecule has 2 rings (SSSR count). The molecule has 5 N–H and O–H groups in total. The van der Waals surface area contributed by atoms with E-state index in [9.17, 15) is 15.3 Å². The lowest BCUT2D eigenvalue weighted by atomic mass is 9.83. The van der Waals surface area contributed by atoms with Crippen LogP contribution in [0.4, 0.5) is 5.69 Å². The summed E-state index contributed by atoms with van der Waals surface area (Å²) in [5.41, 5.74) is 1.33. The number of rotatable bonds is 6. The molecule has 6 nitrogen and oxygen atoms in total. The highest BCUT2D eigenvalue weighted by molar-refractivity contribution is 7.80. The van der Waals surface area contributed by atoms with Crippen molar-refractivity contribution >= 4 is 32.4 Å². The van der Waals surface area contributed by atoms with Crippen LogP contribution >= 0.6 is 21.6 Å². The van der Waals surface area contributed by atoms with Crippen LogP contribution in [0.1, 0.15) is 39.2 Å². The number of thiocarbonyl (C=S) groups is 1. The van der Waals surface area contributed by atoms with Gasteiger partial charge in [0.15, 0.2) is 5.11 Å². The largest absolute Gasteiger partial charge is 0.390 e. The molecule has 0 amide bonds. The summed E-state index contributed by atoms with van der Waals surface area (Å²) in [6.07, 6.45) is -1.95. The fraction of sp³-hybridized carbons (Fsp3) is 0.632. The standard InChI is InChI=1S/C19H31N2O4PS/c1-11-8-9-19(2,3)25-17(11)16(24)15(23)14(22)10-12-4-6-13(7-5-12)20-18(27)21-26/h4-7,11,14-17,22-24H,8-10,26H2,1-3H3,(H2,20,21,27). The summed E-state index contributed by atoms with van der Waals surface area (Å²) in [6.45, 7) is 5.97. The zero-order valence-corrected chi connectivity index (χ0v) is 18.0. The molecule has 0 aliphatic carbocycles. The monoisotopic (exact) mass is 414 g/mol. The van der Waals surface area contributed by atoms with Crippen molar-refractivity contribution in [3.8, 4) is 0 Å². The van der Waals surface area contributed by atoms with Gasteiger partial charge in [0.2, 0.25) is 0 Å². The molecule has 1 aliphatic heterocycles. The predicted octanol–water partition coefficient (Wildman–Crippen LogP) is 1.98. The van der Waals surface area contributed by atoms with E-state index in [4.69, 9.17) is 17.0 Å². The maximum atomic E-state index is 10.6. The third kappa shape index (κ3) is 6.34. The minimum atomic E-state index is -1.28. The molecule has 1 heterocycles. The first-order valence-electron chi connectivity index (χ1n) is 9.21. The SMILES string of the molecule is CC1CCC(C)(C)OC1C(O)C(O)C(O)Cc1ccc(NC(=S)NP)cc1. The van der Waals surface area contributed by atoms with Gasteiger partial charge in [-0.25, -0.2) is 0 Å². The van der Waals surface area contributed by atoms with Crippen LogP contribution in [0.5, 0.6) is 0 Å². The number of anilines is 1. The van der Waals surface area contributed by atoms with E-state index < -0.39 is 24.4 Å². The van der Waals surface area contributed by atoms with E-state index in [1.165, 1.54) is 0 Å².